The van der Waals surface area contributed by atoms with Crippen molar-refractivity contribution in [1.82, 2.24) is 15.5 Å². The summed E-state index contributed by atoms with van der Waals surface area (Å²) in [4.78, 5) is 14.6. The maximum Gasteiger partial charge on any atom is 0.315 e. The molecule has 0 unspecified atom stereocenters. The number of thioether (sulfide) groups is 1. The molecule has 5 heteroatoms. The summed E-state index contributed by atoms with van der Waals surface area (Å²) in [6, 6.07) is 10.8. The Morgan fingerprint density at radius 2 is 1.91 bits per heavy atom. The van der Waals surface area contributed by atoms with Crippen LogP contribution in [0.2, 0.25) is 0 Å². The summed E-state index contributed by atoms with van der Waals surface area (Å²) in [6.45, 7) is 3.78. The van der Waals surface area contributed by atoms with E-state index < -0.39 is 0 Å². The molecule has 2 aliphatic rings. The van der Waals surface area contributed by atoms with Gasteiger partial charge in [0.2, 0.25) is 0 Å². The van der Waals surface area contributed by atoms with Gasteiger partial charge in [0, 0.05) is 24.9 Å². The molecule has 1 aromatic carbocycles. The van der Waals surface area contributed by atoms with Crippen LogP contribution in [0.4, 0.5) is 4.79 Å². The number of piperidine rings is 1. The first kappa shape index (κ1) is 16.7. The Bertz CT molecular complexity index is 482. The molecule has 2 amide bonds. The molecule has 0 aliphatic carbocycles. The minimum atomic E-state index is -0.0523. The molecule has 0 bridgehead atoms. The fraction of sp³-hybridized carbons (Fsp3) is 0.611. The zero-order chi connectivity index (χ0) is 15.9. The number of rotatable bonds is 5. The smallest absolute Gasteiger partial charge is 0.315 e. The van der Waals surface area contributed by atoms with Gasteiger partial charge in [-0.25, -0.2) is 4.79 Å². The number of urea groups is 1. The second kappa shape index (κ2) is 8.60. The largest absolute Gasteiger partial charge is 0.338 e. The van der Waals surface area contributed by atoms with Crippen molar-refractivity contribution in [2.24, 2.45) is 5.92 Å². The summed E-state index contributed by atoms with van der Waals surface area (Å²) >= 11 is 2.09. The summed E-state index contributed by atoms with van der Waals surface area (Å²) in [6.07, 6.45) is 3.77. The van der Waals surface area contributed by atoms with Crippen LogP contribution in [-0.2, 0) is 6.54 Å². The Labute approximate surface area is 143 Å². The lowest BCUT2D eigenvalue weighted by Crippen LogP contribution is -2.45. The summed E-state index contributed by atoms with van der Waals surface area (Å²) < 4.78 is 0. The summed E-state index contributed by atoms with van der Waals surface area (Å²) in [5.74, 6) is 3.27. The van der Waals surface area contributed by atoms with E-state index in [1.807, 2.05) is 30.3 Å². The Balaban J connectivity index is 1.31. The van der Waals surface area contributed by atoms with E-state index in [2.05, 4.69) is 27.3 Å². The van der Waals surface area contributed by atoms with Crippen LogP contribution in [0, 0.1) is 5.92 Å². The van der Waals surface area contributed by atoms with E-state index in [1.54, 1.807) is 0 Å². The van der Waals surface area contributed by atoms with E-state index in [-0.39, 0.29) is 6.03 Å². The molecule has 2 fully saturated rings. The highest BCUT2D eigenvalue weighted by atomic mass is 32.2. The molecule has 0 aromatic heterocycles. The van der Waals surface area contributed by atoms with E-state index >= 15 is 0 Å². The zero-order valence-corrected chi connectivity index (χ0v) is 14.5. The number of benzene rings is 1. The van der Waals surface area contributed by atoms with Gasteiger partial charge in [0.1, 0.15) is 0 Å². The Morgan fingerprint density at radius 1 is 1.13 bits per heavy atom. The van der Waals surface area contributed by atoms with E-state index in [0.29, 0.717) is 12.5 Å². The van der Waals surface area contributed by atoms with Crippen LogP contribution in [0.25, 0.3) is 0 Å². The number of carbonyl (C=O) groups excluding carboxylic acids is 1. The predicted molar refractivity (Wildman–Crippen MR) is 96.7 cm³/mol. The molecule has 0 spiro atoms. The number of hydrogen-bond acceptors (Lipinski definition) is 3. The van der Waals surface area contributed by atoms with Crippen molar-refractivity contribution in [2.75, 3.05) is 31.1 Å². The van der Waals surface area contributed by atoms with Gasteiger partial charge < -0.3 is 10.6 Å². The lowest BCUT2D eigenvalue weighted by atomic mass is 9.95. The molecule has 2 saturated heterocycles. The summed E-state index contributed by atoms with van der Waals surface area (Å²) in [5, 5.41) is 5.96. The third-order valence-corrected chi connectivity index (χ3v) is 6.06. The molecule has 0 saturated carbocycles. The van der Waals surface area contributed by atoms with Crippen LogP contribution < -0.4 is 10.6 Å². The molecule has 2 heterocycles. The molecule has 126 valence electrons. The standard InChI is InChI=1S/C18H27N3OS/c22-18(19-12-15-4-2-1-3-5-15)20-13-16-6-9-21(10-7-16)17-8-11-23-14-17/h1-5,16-17H,6-14H2,(H2,19,20,22)/t17-/m0/s1. The summed E-state index contributed by atoms with van der Waals surface area (Å²) in [5.41, 5.74) is 1.13. The number of hydrogen-bond donors (Lipinski definition) is 2. The first-order valence-corrected chi connectivity index (χ1v) is 9.84. The topological polar surface area (TPSA) is 44.4 Å². The predicted octanol–water partition coefficient (Wildman–Crippen LogP) is 2.70. The van der Waals surface area contributed by atoms with Crippen molar-refractivity contribution in [1.29, 1.82) is 0 Å². The van der Waals surface area contributed by atoms with Gasteiger partial charge in [0.25, 0.3) is 0 Å². The first-order valence-electron chi connectivity index (χ1n) is 8.68. The lowest BCUT2D eigenvalue weighted by Gasteiger charge is -2.35. The second-order valence-electron chi connectivity index (χ2n) is 6.55. The van der Waals surface area contributed by atoms with Crippen molar-refractivity contribution in [2.45, 2.75) is 31.8 Å². The molecule has 1 atom stereocenters. The van der Waals surface area contributed by atoms with Gasteiger partial charge >= 0.3 is 6.03 Å². The van der Waals surface area contributed by atoms with Gasteiger partial charge in [0.15, 0.2) is 0 Å². The van der Waals surface area contributed by atoms with E-state index in [1.165, 1.54) is 43.9 Å². The normalized spacial score (nSPS) is 22.9. The molecule has 23 heavy (non-hydrogen) atoms. The molecule has 2 aliphatic heterocycles. The van der Waals surface area contributed by atoms with Crippen molar-refractivity contribution in [3.05, 3.63) is 35.9 Å². The summed E-state index contributed by atoms with van der Waals surface area (Å²) in [7, 11) is 0. The van der Waals surface area contributed by atoms with Gasteiger partial charge in [-0.1, -0.05) is 30.3 Å². The zero-order valence-electron chi connectivity index (χ0n) is 13.7. The van der Waals surface area contributed by atoms with Gasteiger partial charge in [-0.15, -0.1) is 0 Å². The van der Waals surface area contributed by atoms with E-state index in [9.17, 15) is 4.79 Å². The maximum atomic E-state index is 11.9. The van der Waals surface area contributed by atoms with Gasteiger partial charge in [-0.2, -0.15) is 11.8 Å². The molecular weight excluding hydrogens is 306 g/mol. The SMILES string of the molecule is O=C(NCc1ccccc1)NCC1CCN([C@H]2CCSC2)CC1. The molecular formula is C18H27N3OS. The molecule has 3 rings (SSSR count). The van der Waals surface area contributed by atoms with Crippen molar-refractivity contribution < 1.29 is 4.79 Å². The molecule has 1 aromatic rings. The van der Waals surface area contributed by atoms with Gasteiger partial charge in [-0.3, -0.25) is 4.90 Å². The van der Waals surface area contributed by atoms with E-state index in [4.69, 9.17) is 0 Å². The fourth-order valence-electron chi connectivity index (χ4n) is 3.41. The monoisotopic (exact) mass is 333 g/mol. The Morgan fingerprint density at radius 3 is 2.61 bits per heavy atom. The minimum absolute atomic E-state index is 0.0523. The Kier molecular flexibility index (Phi) is 6.22. The molecule has 0 radical (unpaired) electrons. The lowest BCUT2D eigenvalue weighted by molar-refractivity contribution is 0.143. The second-order valence-corrected chi connectivity index (χ2v) is 7.70. The van der Waals surface area contributed by atoms with Crippen molar-refractivity contribution in [3.63, 3.8) is 0 Å². The fourth-order valence-corrected chi connectivity index (χ4v) is 4.66. The average Bonchev–Trinajstić information content (AvgIpc) is 3.14. The number of amides is 2. The van der Waals surface area contributed by atoms with Gasteiger partial charge in [-0.05, 0) is 49.6 Å². The van der Waals surface area contributed by atoms with Crippen LogP contribution in [0.5, 0.6) is 0 Å². The number of nitrogens with one attached hydrogen (secondary N) is 2. The third kappa shape index (κ3) is 5.15. The Hall–Kier alpha value is -1.20. The van der Waals surface area contributed by atoms with Crippen molar-refractivity contribution in [3.8, 4) is 0 Å². The van der Waals surface area contributed by atoms with Crippen LogP contribution in [0.15, 0.2) is 30.3 Å². The van der Waals surface area contributed by atoms with Crippen molar-refractivity contribution >= 4 is 17.8 Å². The minimum Gasteiger partial charge on any atom is -0.338 e. The van der Waals surface area contributed by atoms with Crippen LogP contribution >= 0.6 is 11.8 Å². The average molecular weight is 334 g/mol. The molecule has 4 nitrogen and oxygen atoms in total. The maximum absolute atomic E-state index is 11.9. The van der Waals surface area contributed by atoms with Crippen LogP contribution in [-0.4, -0.2) is 48.1 Å². The number of nitrogens with zero attached hydrogens (tertiary/aromatic N) is 1. The van der Waals surface area contributed by atoms with Crippen LogP contribution in [0.1, 0.15) is 24.8 Å². The van der Waals surface area contributed by atoms with Crippen LogP contribution in [0.3, 0.4) is 0 Å². The highest BCUT2D eigenvalue weighted by Crippen LogP contribution is 2.26. The van der Waals surface area contributed by atoms with Gasteiger partial charge in [0.05, 0.1) is 0 Å². The first-order chi connectivity index (χ1) is 11.3. The number of carbonyl (C=O) groups is 1. The highest BCUT2D eigenvalue weighted by molar-refractivity contribution is 7.99. The third-order valence-electron chi connectivity index (χ3n) is 4.92. The van der Waals surface area contributed by atoms with E-state index in [0.717, 1.165) is 18.2 Å². The number of likely N-dealkylation sites (tertiary alicyclic amines) is 1. The quantitative estimate of drug-likeness (QED) is 0.871. The molecule has 2 N–H and O–H groups in total. The highest BCUT2D eigenvalue weighted by Gasteiger charge is 2.27.